The molecule has 2 N–H and O–H groups in total. The lowest BCUT2D eigenvalue weighted by atomic mass is 9.98. The van der Waals surface area contributed by atoms with Crippen molar-refractivity contribution in [3.05, 3.63) is 28.3 Å². The Hall–Kier alpha value is -1.06. The van der Waals surface area contributed by atoms with Gasteiger partial charge < -0.3 is 15.2 Å². The van der Waals surface area contributed by atoms with Gasteiger partial charge in [-0.15, -0.1) is 0 Å². The highest BCUT2D eigenvalue weighted by atomic mass is 16.5. The summed E-state index contributed by atoms with van der Waals surface area (Å²) in [5.74, 6) is 0.835. The maximum absolute atomic E-state index is 5.89. The molecule has 0 fully saturated rings. The lowest BCUT2D eigenvalue weighted by Gasteiger charge is -2.20. The fraction of sp³-hybridized carbons (Fsp3) is 0.500. The Kier molecular flexibility index (Phi) is 3.72. The fourth-order valence-electron chi connectivity index (χ4n) is 1.81. The first-order valence-corrected chi connectivity index (χ1v) is 4.96. The molecule has 0 saturated carbocycles. The minimum atomic E-state index is -0.431. The summed E-state index contributed by atoms with van der Waals surface area (Å²) in [6.07, 6.45) is -0.431. The predicted molar refractivity (Wildman–Crippen MR) is 61.1 cm³/mol. The van der Waals surface area contributed by atoms with E-state index in [1.165, 1.54) is 5.56 Å². The van der Waals surface area contributed by atoms with Gasteiger partial charge in [0.2, 0.25) is 0 Å². The molecule has 0 aromatic heterocycles. The highest BCUT2D eigenvalue weighted by molar-refractivity contribution is 5.50. The average Bonchev–Trinajstić information content (AvgIpc) is 2.21. The maximum atomic E-state index is 5.89. The average molecular weight is 209 g/mol. The summed E-state index contributed by atoms with van der Waals surface area (Å²) in [5, 5.41) is 0. The first kappa shape index (κ1) is 12.0. The molecular weight excluding hydrogens is 190 g/mol. The minimum absolute atomic E-state index is 0.431. The smallest absolute Gasteiger partial charge is 0.135 e. The van der Waals surface area contributed by atoms with Crippen molar-refractivity contribution >= 4 is 0 Å². The highest BCUT2D eigenvalue weighted by Gasteiger charge is 2.17. The standard InChI is InChI=1S/C12H19NO2/c1-7-6-8(2)10(12(13)15-5)11(14-4)9(7)3/h6,12H,13H2,1-5H3. The van der Waals surface area contributed by atoms with Crippen LogP contribution in [0.15, 0.2) is 6.07 Å². The van der Waals surface area contributed by atoms with E-state index in [1.54, 1.807) is 14.2 Å². The van der Waals surface area contributed by atoms with Crippen molar-refractivity contribution in [1.29, 1.82) is 0 Å². The largest absolute Gasteiger partial charge is 0.496 e. The van der Waals surface area contributed by atoms with Crippen LogP contribution in [0.5, 0.6) is 5.75 Å². The molecule has 0 bridgehead atoms. The monoisotopic (exact) mass is 209 g/mol. The Labute approximate surface area is 91.2 Å². The summed E-state index contributed by atoms with van der Waals surface area (Å²) in [4.78, 5) is 0. The van der Waals surface area contributed by atoms with Gasteiger partial charge in [0.05, 0.1) is 7.11 Å². The number of nitrogens with two attached hydrogens (primary N) is 1. The molecule has 1 aromatic rings. The molecule has 0 heterocycles. The predicted octanol–water partition coefficient (Wildman–Crippen LogP) is 2.22. The van der Waals surface area contributed by atoms with Crippen molar-refractivity contribution in [2.45, 2.75) is 27.0 Å². The van der Waals surface area contributed by atoms with Gasteiger partial charge in [-0.3, -0.25) is 0 Å². The molecule has 0 aliphatic carbocycles. The molecule has 1 aromatic carbocycles. The number of hydrogen-bond donors (Lipinski definition) is 1. The molecule has 0 aliphatic heterocycles. The molecule has 15 heavy (non-hydrogen) atoms. The van der Waals surface area contributed by atoms with Crippen LogP contribution in [0.3, 0.4) is 0 Å². The van der Waals surface area contributed by atoms with Gasteiger partial charge in [0.1, 0.15) is 12.0 Å². The van der Waals surface area contributed by atoms with Gasteiger partial charge in [0.15, 0.2) is 0 Å². The third-order valence-corrected chi connectivity index (χ3v) is 2.78. The van der Waals surface area contributed by atoms with Crippen LogP contribution in [-0.2, 0) is 4.74 Å². The van der Waals surface area contributed by atoms with Crippen molar-refractivity contribution < 1.29 is 9.47 Å². The van der Waals surface area contributed by atoms with Gasteiger partial charge >= 0.3 is 0 Å². The Bertz CT molecular complexity index is 361. The molecule has 0 radical (unpaired) electrons. The summed E-state index contributed by atoms with van der Waals surface area (Å²) in [7, 11) is 3.26. The molecule has 0 aliphatic rings. The molecule has 0 amide bonds. The Morgan fingerprint density at radius 3 is 2.20 bits per heavy atom. The zero-order chi connectivity index (χ0) is 11.6. The number of rotatable bonds is 3. The van der Waals surface area contributed by atoms with Crippen molar-refractivity contribution in [2.75, 3.05) is 14.2 Å². The van der Waals surface area contributed by atoms with Crippen LogP contribution in [0, 0.1) is 20.8 Å². The molecule has 1 rings (SSSR count). The number of ether oxygens (including phenoxy) is 2. The van der Waals surface area contributed by atoms with E-state index in [4.69, 9.17) is 15.2 Å². The molecule has 3 heteroatoms. The van der Waals surface area contributed by atoms with Crippen LogP contribution in [0.4, 0.5) is 0 Å². The van der Waals surface area contributed by atoms with E-state index in [2.05, 4.69) is 13.0 Å². The molecule has 1 atom stereocenters. The molecule has 1 unspecified atom stereocenters. The van der Waals surface area contributed by atoms with Crippen LogP contribution in [0.25, 0.3) is 0 Å². The van der Waals surface area contributed by atoms with Gasteiger partial charge in [-0.25, -0.2) is 0 Å². The van der Waals surface area contributed by atoms with E-state index in [9.17, 15) is 0 Å². The second kappa shape index (κ2) is 4.64. The van der Waals surface area contributed by atoms with Crippen molar-refractivity contribution in [2.24, 2.45) is 5.73 Å². The summed E-state index contributed by atoms with van der Waals surface area (Å²) in [5.41, 5.74) is 10.2. The second-order valence-corrected chi connectivity index (χ2v) is 3.74. The zero-order valence-corrected chi connectivity index (χ0v) is 10.0. The van der Waals surface area contributed by atoms with Gasteiger partial charge in [-0.05, 0) is 37.5 Å². The van der Waals surface area contributed by atoms with Crippen LogP contribution < -0.4 is 10.5 Å². The maximum Gasteiger partial charge on any atom is 0.135 e. The summed E-state index contributed by atoms with van der Waals surface area (Å²) in [6, 6.07) is 2.10. The SMILES string of the molecule is COc1c(C)c(C)cc(C)c1C(N)OC. The second-order valence-electron chi connectivity index (χ2n) is 3.74. The molecular formula is C12H19NO2. The lowest BCUT2D eigenvalue weighted by Crippen LogP contribution is -2.15. The van der Waals surface area contributed by atoms with E-state index in [1.807, 2.05) is 13.8 Å². The van der Waals surface area contributed by atoms with E-state index >= 15 is 0 Å². The van der Waals surface area contributed by atoms with E-state index in [-0.39, 0.29) is 0 Å². The summed E-state index contributed by atoms with van der Waals surface area (Å²) >= 11 is 0. The third-order valence-electron chi connectivity index (χ3n) is 2.78. The van der Waals surface area contributed by atoms with Crippen LogP contribution in [0.2, 0.25) is 0 Å². The third kappa shape index (κ3) is 2.13. The van der Waals surface area contributed by atoms with E-state index < -0.39 is 6.23 Å². The number of hydrogen-bond acceptors (Lipinski definition) is 3. The first-order valence-electron chi connectivity index (χ1n) is 4.96. The van der Waals surface area contributed by atoms with Crippen LogP contribution in [-0.4, -0.2) is 14.2 Å². The first-order chi connectivity index (χ1) is 7.02. The van der Waals surface area contributed by atoms with Gasteiger partial charge in [0.25, 0.3) is 0 Å². The van der Waals surface area contributed by atoms with Gasteiger partial charge in [-0.2, -0.15) is 0 Å². The Morgan fingerprint density at radius 1 is 1.13 bits per heavy atom. The molecule has 3 nitrogen and oxygen atoms in total. The van der Waals surface area contributed by atoms with Crippen LogP contribution >= 0.6 is 0 Å². The quantitative estimate of drug-likeness (QED) is 0.776. The molecule has 84 valence electrons. The number of methoxy groups -OCH3 is 2. The molecule has 0 saturated heterocycles. The number of aryl methyl sites for hydroxylation is 2. The fourth-order valence-corrected chi connectivity index (χ4v) is 1.81. The Balaban J connectivity index is 3.41. The zero-order valence-electron chi connectivity index (χ0n) is 10.0. The highest BCUT2D eigenvalue weighted by Crippen LogP contribution is 2.33. The van der Waals surface area contributed by atoms with E-state index in [0.29, 0.717) is 0 Å². The topological polar surface area (TPSA) is 44.5 Å². The minimum Gasteiger partial charge on any atom is -0.496 e. The van der Waals surface area contributed by atoms with Crippen molar-refractivity contribution in [3.63, 3.8) is 0 Å². The van der Waals surface area contributed by atoms with Crippen molar-refractivity contribution in [3.8, 4) is 5.75 Å². The van der Waals surface area contributed by atoms with Crippen LogP contribution in [0.1, 0.15) is 28.5 Å². The normalized spacial score (nSPS) is 12.7. The molecule has 0 spiro atoms. The van der Waals surface area contributed by atoms with Gasteiger partial charge in [-0.1, -0.05) is 6.07 Å². The number of benzene rings is 1. The van der Waals surface area contributed by atoms with Crippen molar-refractivity contribution in [1.82, 2.24) is 0 Å². The van der Waals surface area contributed by atoms with Gasteiger partial charge in [0, 0.05) is 12.7 Å². The van der Waals surface area contributed by atoms with E-state index in [0.717, 1.165) is 22.4 Å². The lowest BCUT2D eigenvalue weighted by molar-refractivity contribution is 0.106. The summed E-state index contributed by atoms with van der Waals surface area (Å²) < 4.78 is 10.6. The Morgan fingerprint density at radius 2 is 1.73 bits per heavy atom. The summed E-state index contributed by atoms with van der Waals surface area (Å²) in [6.45, 7) is 6.11.